The van der Waals surface area contributed by atoms with Gasteiger partial charge in [-0.25, -0.2) is 0 Å². The minimum absolute atomic E-state index is 0.0537. The lowest BCUT2D eigenvalue weighted by Crippen LogP contribution is -2.25. The minimum atomic E-state index is -0.357. The van der Waals surface area contributed by atoms with Crippen molar-refractivity contribution in [1.82, 2.24) is 5.32 Å². The van der Waals surface area contributed by atoms with E-state index in [9.17, 15) is 9.59 Å². The van der Waals surface area contributed by atoms with Crippen molar-refractivity contribution in [2.75, 3.05) is 19.8 Å². The molecule has 0 bridgehead atoms. The summed E-state index contributed by atoms with van der Waals surface area (Å²) in [5.41, 5.74) is 0. The summed E-state index contributed by atoms with van der Waals surface area (Å²) >= 11 is 0. The van der Waals surface area contributed by atoms with Crippen molar-refractivity contribution in [1.29, 1.82) is 0 Å². The Kier molecular flexibility index (Phi) is 7.83. The van der Waals surface area contributed by atoms with Crippen LogP contribution in [0.25, 0.3) is 0 Å². The molecule has 0 rings (SSSR count). The predicted octanol–water partition coefficient (Wildman–Crippen LogP) is -0.172. The van der Waals surface area contributed by atoms with Gasteiger partial charge in [-0.2, -0.15) is 0 Å². The van der Waals surface area contributed by atoms with Gasteiger partial charge in [-0.1, -0.05) is 0 Å². The Hall–Kier alpha value is -1.10. The number of hydrogen-bond donors (Lipinski definition) is 2. The summed E-state index contributed by atoms with van der Waals surface area (Å²) in [6.07, 6.45) is 0.786. The van der Waals surface area contributed by atoms with Crippen molar-refractivity contribution >= 4 is 11.9 Å². The standard InChI is InChI=1S/C9H17NO4/c1-2-14-9(13)5-4-8(12)10-6-3-7-11/h11H,2-7H2,1H3,(H,10,12). The molecule has 0 atom stereocenters. The molecule has 1 amide bonds. The maximum absolute atomic E-state index is 11.0. The molecule has 5 heteroatoms. The Bertz CT molecular complexity index is 182. The molecule has 0 aromatic carbocycles. The van der Waals surface area contributed by atoms with Gasteiger partial charge < -0.3 is 15.2 Å². The van der Waals surface area contributed by atoms with Crippen LogP contribution in [0, 0.1) is 0 Å². The van der Waals surface area contributed by atoms with E-state index in [-0.39, 0.29) is 31.3 Å². The second-order valence-electron chi connectivity index (χ2n) is 2.73. The third-order valence-corrected chi connectivity index (χ3v) is 1.52. The number of carbonyl (C=O) groups excluding carboxylic acids is 2. The van der Waals surface area contributed by atoms with E-state index >= 15 is 0 Å². The summed E-state index contributed by atoms with van der Waals surface area (Å²) in [6.45, 7) is 2.56. The Labute approximate surface area is 83.4 Å². The molecule has 82 valence electrons. The molecule has 0 aliphatic rings. The van der Waals surface area contributed by atoms with E-state index in [1.54, 1.807) is 6.92 Å². The van der Waals surface area contributed by atoms with Crippen LogP contribution in [0.3, 0.4) is 0 Å². The zero-order chi connectivity index (χ0) is 10.8. The van der Waals surface area contributed by atoms with Gasteiger partial charge in [0.1, 0.15) is 0 Å². The Morgan fingerprint density at radius 3 is 2.64 bits per heavy atom. The van der Waals surface area contributed by atoms with Gasteiger partial charge in [-0.3, -0.25) is 9.59 Å². The number of ether oxygens (including phenoxy) is 1. The molecule has 0 aromatic rings. The number of carbonyl (C=O) groups is 2. The first-order chi connectivity index (χ1) is 6.70. The molecule has 0 spiro atoms. The topological polar surface area (TPSA) is 75.6 Å². The first kappa shape index (κ1) is 12.9. The average Bonchev–Trinajstić information content (AvgIpc) is 2.16. The molecule has 0 fully saturated rings. The quantitative estimate of drug-likeness (QED) is 0.445. The highest BCUT2D eigenvalue weighted by molar-refractivity contribution is 5.81. The van der Waals surface area contributed by atoms with Gasteiger partial charge >= 0.3 is 5.97 Å². The van der Waals surface area contributed by atoms with Gasteiger partial charge in [0.05, 0.1) is 13.0 Å². The van der Waals surface area contributed by atoms with Gasteiger partial charge in [-0.15, -0.1) is 0 Å². The van der Waals surface area contributed by atoms with Crippen LogP contribution < -0.4 is 5.32 Å². The van der Waals surface area contributed by atoms with E-state index in [4.69, 9.17) is 5.11 Å². The number of nitrogens with one attached hydrogen (secondary N) is 1. The van der Waals surface area contributed by atoms with Crippen molar-refractivity contribution in [3.05, 3.63) is 0 Å². The molecule has 0 saturated carbocycles. The lowest BCUT2D eigenvalue weighted by molar-refractivity contribution is -0.144. The Morgan fingerprint density at radius 2 is 2.07 bits per heavy atom. The fourth-order valence-electron chi connectivity index (χ4n) is 0.844. The summed E-state index contributed by atoms with van der Waals surface area (Å²) in [7, 11) is 0. The molecule has 5 nitrogen and oxygen atoms in total. The highest BCUT2D eigenvalue weighted by Crippen LogP contribution is 1.92. The van der Waals surface area contributed by atoms with Crippen LogP contribution in [-0.2, 0) is 14.3 Å². The molecule has 2 N–H and O–H groups in total. The van der Waals surface area contributed by atoms with Crippen molar-refractivity contribution in [2.45, 2.75) is 26.2 Å². The molecule has 0 aliphatic heterocycles. The van der Waals surface area contributed by atoms with E-state index in [2.05, 4.69) is 10.1 Å². The molecule has 0 saturated heterocycles. The summed E-state index contributed by atoms with van der Waals surface area (Å²) in [5.74, 6) is -0.545. The predicted molar refractivity (Wildman–Crippen MR) is 50.6 cm³/mol. The first-order valence-electron chi connectivity index (χ1n) is 4.74. The van der Waals surface area contributed by atoms with E-state index in [0.717, 1.165) is 0 Å². The van der Waals surface area contributed by atoms with Crippen molar-refractivity contribution in [3.8, 4) is 0 Å². The summed E-state index contributed by atoms with van der Waals surface area (Å²) in [4.78, 5) is 21.9. The van der Waals surface area contributed by atoms with Crippen molar-refractivity contribution in [3.63, 3.8) is 0 Å². The minimum Gasteiger partial charge on any atom is -0.466 e. The van der Waals surface area contributed by atoms with Gasteiger partial charge in [-0.05, 0) is 13.3 Å². The number of hydrogen-bond acceptors (Lipinski definition) is 4. The molecule has 0 unspecified atom stereocenters. The van der Waals surface area contributed by atoms with Crippen LogP contribution in [0.2, 0.25) is 0 Å². The van der Waals surface area contributed by atoms with E-state index in [0.29, 0.717) is 19.6 Å². The smallest absolute Gasteiger partial charge is 0.306 e. The number of aliphatic hydroxyl groups is 1. The van der Waals surface area contributed by atoms with Gasteiger partial charge in [0.2, 0.25) is 5.91 Å². The fourth-order valence-corrected chi connectivity index (χ4v) is 0.844. The van der Waals surface area contributed by atoms with Crippen LogP contribution in [0.4, 0.5) is 0 Å². The van der Waals surface area contributed by atoms with Gasteiger partial charge in [0.25, 0.3) is 0 Å². The Morgan fingerprint density at radius 1 is 1.36 bits per heavy atom. The Balaban J connectivity index is 3.39. The largest absolute Gasteiger partial charge is 0.466 e. The lowest BCUT2D eigenvalue weighted by atomic mass is 10.3. The van der Waals surface area contributed by atoms with Crippen LogP contribution in [0.5, 0.6) is 0 Å². The average molecular weight is 203 g/mol. The van der Waals surface area contributed by atoms with Gasteiger partial charge in [0.15, 0.2) is 0 Å². The monoisotopic (exact) mass is 203 g/mol. The van der Waals surface area contributed by atoms with Crippen LogP contribution >= 0.6 is 0 Å². The first-order valence-corrected chi connectivity index (χ1v) is 4.74. The maximum atomic E-state index is 11.0. The zero-order valence-corrected chi connectivity index (χ0v) is 8.41. The van der Waals surface area contributed by atoms with Crippen molar-refractivity contribution in [2.24, 2.45) is 0 Å². The van der Waals surface area contributed by atoms with Gasteiger partial charge in [0, 0.05) is 19.6 Å². The number of aliphatic hydroxyl groups excluding tert-OH is 1. The lowest BCUT2D eigenvalue weighted by Gasteiger charge is -2.03. The summed E-state index contributed by atoms with van der Waals surface area (Å²) < 4.78 is 4.66. The maximum Gasteiger partial charge on any atom is 0.306 e. The SMILES string of the molecule is CCOC(=O)CCC(=O)NCCCO. The van der Waals surface area contributed by atoms with E-state index in [1.807, 2.05) is 0 Å². The molecule has 0 radical (unpaired) electrons. The van der Waals surface area contributed by atoms with Crippen LogP contribution in [0.15, 0.2) is 0 Å². The second-order valence-corrected chi connectivity index (χ2v) is 2.73. The van der Waals surface area contributed by atoms with E-state index in [1.165, 1.54) is 0 Å². The third kappa shape index (κ3) is 7.54. The highest BCUT2D eigenvalue weighted by atomic mass is 16.5. The highest BCUT2D eigenvalue weighted by Gasteiger charge is 2.06. The normalized spacial score (nSPS) is 9.57. The molecule has 0 aromatic heterocycles. The molecule has 14 heavy (non-hydrogen) atoms. The van der Waals surface area contributed by atoms with Crippen molar-refractivity contribution < 1.29 is 19.4 Å². The van der Waals surface area contributed by atoms with Crippen LogP contribution in [-0.4, -0.2) is 36.7 Å². The van der Waals surface area contributed by atoms with E-state index < -0.39 is 0 Å². The number of esters is 1. The van der Waals surface area contributed by atoms with Crippen LogP contribution in [0.1, 0.15) is 26.2 Å². The zero-order valence-electron chi connectivity index (χ0n) is 8.41. The summed E-state index contributed by atoms with van der Waals surface area (Å²) in [5, 5.41) is 11.0. The molecular weight excluding hydrogens is 186 g/mol. The summed E-state index contributed by atoms with van der Waals surface area (Å²) in [6, 6.07) is 0. The molecular formula is C9H17NO4. The number of rotatable bonds is 7. The molecule has 0 aliphatic carbocycles. The third-order valence-electron chi connectivity index (χ3n) is 1.52. The fraction of sp³-hybridized carbons (Fsp3) is 0.778. The second kappa shape index (κ2) is 8.50. The number of amides is 1. The molecule has 0 heterocycles.